The van der Waals surface area contributed by atoms with Crippen molar-refractivity contribution in [2.24, 2.45) is 0 Å². The summed E-state index contributed by atoms with van der Waals surface area (Å²) in [7, 11) is 0. The van der Waals surface area contributed by atoms with E-state index in [1.54, 1.807) is 12.1 Å². The number of carbonyl (C=O) groups excluding carboxylic acids is 1. The predicted octanol–water partition coefficient (Wildman–Crippen LogP) is 4.42. The number of amides is 1. The van der Waals surface area contributed by atoms with Gasteiger partial charge in [-0.2, -0.15) is 0 Å². The van der Waals surface area contributed by atoms with Crippen molar-refractivity contribution in [2.45, 2.75) is 25.3 Å². The molecule has 0 spiro atoms. The van der Waals surface area contributed by atoms with Crippen molar-refractivity contribution in [3.8, 4) is 0 Å². The van der Waals surface area contributed by atoms with Gasteiger partial charge in [-0.15, -0.1) is 0 Å². The highest BCUT2D eigenvalue weighted by atomic mass is 79.9. The number of aliphatic carboxylic acids is 1. The highest BCUT2D eigenvalue weighted by Gasteiger charge is 2.20. The molecule has 0 saturated heterocycles. The van der Waals surface area contributed by atoms with Crippen molar-refractivity contribution >= 4 is 43.7 Å². The van der Waals surface area contributed by atoms with Gasteiger partial charge in [0.15, 0.2) is 0 Å². The van der Waals surface area contributed by atoms with E-state index in [2.05, 4.69) is 37.2 Å². The Labute approximate surface area is 157 Å². The number of carboxylic acids is 1. The van der Waals surface area contributed by atoms with Crippen molar-refractivity contribution in [3.05, 3.63) is 68.6 Å². The van der Waals surface area contributed by atoms with E-state index in [1.165, 1.54) is 0 Å². The second-order valence-corrected chi connectivity index (χ2v) is 7.23. The second kappa shape index (κ2) is 8.99. The Bertz CT molecular complexity index is 699. The molecule has 0 radical (unpaired) electrons. The lowest BCUT2D eigenvalue weighted by atomic mass is 10.0. The minimum absolute atomic E-state index is 0.380. The van der Waals surface area contributed by atoms with E-state index in [4.69, 9.17) is 0 Å². The third kappa shape index (κ3) is 5.76. The third-order valence-corrected chi connectivity index (χ3v) is 4.44. The summed E-state index contributed by atoms with van der Waals surface area (Å²) < 4.78 is 1.50. The summed E-state index contributed by atoms with van der Waals surface area (Å²) >= 11 is 6.64. The van der Waals surface area contributed by atoms with Crippen molar-refractivity contribution in [1.29, 1.82) is 0 Å². The van der Waals surface area contributed by atoms with Crippen LogP contribution >= 0.6 is 31.9 Å². The smallest absolute Gasteiger partial charge is 0.326 e. The van der Waals surface area contributed by atoms with Gasteiger partial charge in [0, 0.05) is 14.5 Å². The third-order valence-electron chi connectivity index (χ3n) is 3.53. The lowest BCUT2D eigenvalue weighted by molar-refractivity contribution is -0.139. The molecule has 2 N–H and O–H groups in total. The molecule has 0 bridgehead atoms. The quantitative estimate of drug-likeness (QED) is 0.650. The lowest BCUT2D eigenvalue weighted by Crippen LogP contribution is -2.40. The molecular weight excluding hydrogens is 438 g/mol. The average Bonchev–Trinajstić information content (AvgIpc) is 2.53. The molecule has 6 heteroatoms. The summed E-state index contributed by atoms with van der Waals surface area (Å²) in [4.78, 5) is 23.7. The zero-order valence-electron chi connectivity index (χ0n) is 12.8. The van der Waals surface area contributed by atoms with Crippen LogP contribution < -0.4 is 5.32 Å². The van der Waals surface area contributed by atoms with Crippen LogP contribution in [0.15, 0.2) is 57.5 Å². The summed E-state index contributed by atoms with van der Waals surface area (Å²) in [6.45, 7) is 0. The first-order valence-corrected chi connectivity index (χ1v) is 9.08. The minimum Gasteiger partial charge on any atom is -0.480 e. The van der Waals surface area contributed by atoms with Crippen molar-refractivity contribution < 1.29 is 14.7 Å². The monoisotopic (exact) mass is 453 g/mol. The molecule has 0 aliphatic heterocycles. The summed E-state index contributed by atoms with van der Waals surface area (Å²) in [5.41, 5.74) is 1.56. The van der Waals surface area contributed by atoms with Crippen molar-refractivity contribution in [1.82, 2.24) is 5.32 Å². The topological polar surface area (TPSA) is 66.4 Å². The molecule has 126 valence electrons. The highest BCUT2D eigenvalue weighted by Crippen LogP contribution is 2.20. The van der Waals surface area contributed by atoms with E-state index in [0.29, 0.717) is 18.4 Å². The molecule has 2 aromatic carbocycles. The van der Waals surface area contributed by atoms with E-state index in [9.17, 15) is 14.7 Å². The molecule has 1 atom stereocenters. The standard InChI is InChI=1S/C18H17Br2NO3/c19-14-9-13(10-15(20)11-14)17(22)21-16(18(23)24)8-4-7-12-5-2-1-3-6-12/h1-3,5-6,9-11,16H,4,7-8H2,(H,21,22)(H,23,24)/t16-/m1/s1. The van der Waals surface area contributed by atoms with Gasteiger partial charge in [-0.1, -0.05) is 62.2 Å². The first-order chi connectivity index (χ1) is 11.5. The van der Waals surface area contributed by atoms with Crippen LogP contribution in [0.2, 0.25) is 0 Å². The van der Waals surface area contributed by atoms with Crippen LogP contribution in [-0.4, -0.2) is 23.0 Å². The molecule has 0 unspecified atom stereocenters. The van der Waals surface area contributed by atoms with Crippen LogP contribution in [0.3, 0.4) is 0 Å². The van der Waals surface area contributed by atoms with Crippen LogP contribution in [-0.2, 0) is 11.2 Å². The van der Waals surface area contributed by atoms with E-state index >= 15 is 0 Å². The maximum Gasteiger partial charge on any atom is 0.326 e. The van der Waals surface area contributed by atoms with Gasteiger partial charge in [0.05, 0.1) is 0 Å². The fraction of sp³-hybridized carbons (Fsp3) is 0.222. The molecule has 1 amide bonds. The molecule has 0 aromatic heterocycles. The Morgan fingerprint density at radius 2 is 1.67 bits per heavy atom. The number of carbonyl (C=O) groups is 2. The second-order valence-electron chi connectivity index (χ2n) is 5.40. The fourth-order valence-electron chi connectivity index (χ4n) is 2.34. The van der Waals surface area contributed by atoms with Gasteiger partial charge < -0.3 is 10.4 Å². The number of hydrogen-bond donors (Lipinski definition) is 2. The first kappa shape index (κ1) is 18.7. The van der Waals surface area contributed by atoms with E-state index in [1.807, 2.05) is 36.4 Å². The molecule has 0 fully saturated rings. The number of nitrogens with one attached hydrogen (secondary N) is 1. The van der Waals surface area contributed by atoms with Gasteiger partial charge in [-0.3, -0.25) is 4.79 Å². The molecule has 0 saturated carbocycles. The summed E-state index contributed by atoms with van der Waals surface area (Å²) in [6.07, 6.45) is 1.84. The van der Waals surface area contributed by atoms with Crippen molar-refractivity contribution in [3.63, 3.8) is 0 Å². The number of halogens is 2. The van der Waals surface area contributed by atoms with Crippen molar-refractivity contribution in [2.75, 3.05) is 0 Å². The molecular formula is C18H17Br2NO3. The number of carboxylic acid groups (broad SMARTS) is 1. The van der Waals surface area contributed by atoms with Crippen LogP contribution in [0.25, 0.3) is 0 Å². The highest BCUT2D eigenvalue weighted by molar-refractivity contribution is 9.11. The van der Waals surface area contributed by atoms with Gasteiger partial charge in [-0.25, -0.2) is 4.79 Å². The van der Waals surface area contributed by atoms with Gasteiger partial charge in [-0.05, 0) is 43.0 Å². The molecule has 4 nitrogen and oxygen atoms in total. The molecule has 0 aliphatic carbocycles. The largest absolute Gasteiger partial charge is 0.480 e. The number of hydrogen-bond acceptors (Lipinski definition) is 2. The molecule has 24 heavy (non-hydrogen) atoms. The Morgan fingerprint density at radius 1 is 1.04 bits per heavy atom. The van der Waals surface area contributed by atoms with Gasteiger partial charge in [0.25, 0.3) is 5.91 Å². The Hall–Kier alpha value is -1.66. The summed E-state index contributed by atoms with van der Waals surface area (Å²) in [5, 5.41) is 11.9. The molecule has 0 aliphatic rings. The zero-order valence-corrected chi connectivity index (χ0v) is 16.0. The maximum absolute atomic E-state index is 12.3. The molecule has 2 rings (SSSR count). The fourth-order valence-corrected chi connectivity index (χ4v) is 3.63. The average molecular weight is 455 g/mol. The predicted molar refractivity (Wildman–Crippen MR) is 100 cm³/mol. The first-order valence-electron chi connectivity index (χ1n) is 7.49. The van der Waals surface area contributed by atoms with Crippen LogP contribution in [0.1, 0.15) is 28.8 Å². The minimum atomic E-state index is -1.02. The van der Waals surface area contributed by atoms with Gasteiger partial charge in [0.1, 0.15) is 6.04 Å². The maximum atomic E-state index is 12.3. The van der Waals surface area contributed by atoms with Gasteiger partial charge in [0.2, 0.25) is 0 Å². The molecule has 2 aromatic rings. The Balaban J connectivity index is 1.95. The summed E-state index contributed by atoms with van der Waals surface area (Å²) in [5.74, 6) is -1.42. The SMILES string of the molecule is O=C(N[C@H](CCCc1ccccc1)C(=O)O)c1cc(Br)cc(Br)c1. The Kier molecular flexibility index (Phi) is 6.99. The van der Waals surface area contributed by atoms with Crippen LogP contribution in [0.4, 0.5) is 0 Å². The van der Waals surface area contributed by atoms with Gasteiger partial charge >= 0.3 is 5.97 Å². The number of aryl methyl sites for hydroxylation is 1. The zero-order chi connectivity index (χ0) is 17.5. The number of benzene rings is 2. The van der Waals surface area contributed by atoms with Crippen LogP contribution in [0.5, 0.6) is 0 Å². The molecule has 0 heterocycles. The van der Waals surface area contributed by atoms with Crippen LogP contribution in [0, 0.1) is 0 Å². The summed E-state index contributed by atoms with van der Waals surface area (Å²) in [6, 6.07) is 14.1. The van der Waals surface area contributed by atoms with E-state index < -0.39 is 17.9 Å². The van der Waals surface area contributed by atoms with E-state index in [-0.39, 0.29) is 0 Å². The lowest BCUT2D eigenvalue weighted by Gasteiger charge is -2.15. The van der Waals surface area contributed by atoms with E-state index in [0.717, 1.165) is 20.9 Å². The normalized spacial score (nSPS) is 11.8. The number of rotatable bonds is 7. The Morgan fingerprint density at radius 3 is 2.25 bits per heavy atom.